The van der Waals surface area contributed by atoms with Crippen molar-refractivity contribution in [2.45, 2.75) is 0 Å². The first-order chi connectivity index (χ1) is 14.2. The molecule has 3 rings (SSSR count). The standard InChI is InChI=1S/C22H14O8/c23-19(24)13-5-1-11(2-6-13)15-9-17(21(27)28)18(22(29)30)10-16(15)12-3-7-14(8-4-12)20(25)26/h1-10H,(H,23,24)(H,25,26)(H,27,28)(H,29,30). The van der Waals surface area contributed by atoms with Crippen LogP contribution in [0.25, 0.3) is 22.3 Å². The summed E-state index contributed by atoms with van der Waals surface area (Å²) in [5.74, 6) is -5.11. The fraction of sp³-hybridized carbons (Fsp3) is 0. The Morgan fingerprint density at radius 3 is 1.00 bits per heavy atom. The molecule has 8 nitrogen and oxygen atoms in total. The number of rotatable bonds is 6. The molecule has 0 radical (unpaired) electrons. The number of carboxylic acid groups (broad SMARTS) is 4. The van der Waals surface area contributed by atoms with Crippen molar-refractivity contribution in [3.8, 4) is 22.3 Å². The molecule has 0 heterocycles. The first-order valence-corrected chi connectivity index (χ1v) is 8.51. The van der Waals surface area contributed by atoms with Gasteiger partial charge in [-0.25, -0.2) is 19.2 Å². The van der Waals surface area contributed by atoms with Crippen molar-refractivity contribution in [1.29, 1.82) is 0 Å². The molecule has 150 valence electrons. The number of aromatic carboxylic acids is 4. The topological polar surface area (TPSA) is 149 Å². The number of carboxylic acids is 4. The Labute approximate surface area is 169 Å². The van der Waals surface area contributed by atoms with Crippen LogP contribution in [0.4, 0.5) is 0 Å². The van der Waals surface area contributed by atoms with Gasteiger partial charge in [0.2, 0.25) is 0 Å². The first-order valence-electron chi connectivity index (χ1n) is 8.51. The minimum absolute atomic E-state index is 0.0340. The summed E-state index contributed by atoms with van der Waals surface area (Å²) in [5, 5.41) is 37.1. The molecule has 8 heteroatoms. The van der Waals surface area contributed by atoms with Gasteiger partial charge in [0, 0.05) is 0 Å². The molecular formula is C22H14O8. The molecular weight excluding hydrogens is 392 g/mol. The van der Waals surface area contributed by atoms with Gasteiger partial charge in [-0.1, -0.05) is 24.3 Å². The summed E-state index contributed by atoms with van der Waals surface area (Å²) in [4.78, 5) is 45.4. The molecule has 0 aliphatic heterocycles. The molecule has 0 unspecified atom stereocenters. The lowest BCUT2D eigenvalue weighted by Crippen LogP contribution is -2.09. The number of benzene rings is 3. The van der Waals surface area contributed by atoms with Crippen molar-refractivity contribution in [2.75, 3.05) is 0 Å². The van der Waals surface area contributed by atoms with E-state index in [1.54, 1.807) is 0 Å². The highest BCUT2D eigenvalue weighted by molar-refractivity contribution is 6.05. The van der Waals surface area contributed by atoms with E-state index in [1.807, 2.05) is 0 Å². The van der Waals surface area contributed by atoms with E-state index in [9.17, 15) is 29.4 Å². The van der Waals surface area contributed by atoms with Crippen LogP contribution in [0.15, 0.2) is 60.7 Å². The smallest absolute Gasteiger partial charge is 0.336 e. The van der Waals surface area contributed by atoms with E-state index < -0.39 is 35.0 Å². The number of carbonyl (C=O) groups is 4. The molecule has 0 atom stereocenters. The average molecular weight is 406 g/mol. The highest BCUT2D eigenvalue weighted by Crippen LogP contribution is 2.35. The van der Waals surface area contributed by atoms with Gasteiger partial charge in [-0.3, -0.25) is 0 Å². The maximum absolute atomic E-state index is 11.6. The minimum atomic E-state index is -1.43. The van der Waals surface area contributed by atoms with Gasteiger partial charge < -0.3 is 20.4 Å². The van der Waals surface area contributed by atoms with Gasteiger partial charge in [0.1, 0.15) is 0 Å². The zero-order valence-corrected chi connectivity index (χ0v) is 15.2. The molecule has 0 bridgehead atoms. The Bertz CT molecular complexity index is 1080. The molecule has 0 saturated heterocycles. The predicted octanol–water partition coefficient (Wildman–Crippen LogP) is 3.81. The average Bonchev–Trinajstić information content (AvgIpc) is 2.72. The van der Waals surface area contributed by atoms with Crippen LogP contribution in [0.2, 0.25) is 0 Å². The molecule has 0 aromatic heterocycles. The van der Waals surface area contributed by atoms with Crippen LogP contribution in [0, 0.1) is 0 Å². The molecule has 3 aromatic rings. The summed E-state index contributed by atoms with van der Waals surface area (Å²) >= 11 is 0. The number of hydrogen-bond donors (Lipinski definition) is 4. The van der Waals surface area contributed by atoms with Crippen LogP contribution < -0.4 is 0 Å². The Kier molecular flexibility index (Phi) is 5.33. The van der Waals surface area contributed by atoms with Crippen molar-refractivity contribution in [3.05, 3.63) is 82.9 Å². The maximum Gasteiger partial charge on any atom is 0.336 e. The van der Waals surface area contributed by atoms with Gasteiger partial charge in [-0.2, -0.15) is 0 Å². The van der Waals surface area contributed by atoms with E-state index in [4.69, 9.17) is 10.2 Å². The van der Waals surface area contributed by atoms with Crippen molar-refractivity contribution in [3.63, 3.8) is 0 Å². The van der Waals surface area contributed by atoms with Crippen LogP contribution in [-0.2, 0) is 0 Å². The SMILES string of the molecule is O=C(O)c1ccc(-c2cc(C(=O)O)c(C(=O)O)cc2-c2ccc(C(=O)O)cc2)cc1. The lowest BCUT2D eigenvalue weighted by atomic mass is 9.89. The third-order valence-electron chi connectivity index (χ3n) is 4.50. The fourth-order valence-corrected chi connectivity index (χ4v) is 3.02. The molecule has 0 aliphatic carbocycles. The summed E-state index contributed by atoms with van der Waals surface area (Å²) in [7, 11) is 0. The number of hydrogen-bond acceptors (Lipinski definition) is 4. The van der Waals surface area contributed by atoms with Gasteiger partial charge in [-0.05, 0) is 58.7 Å². The van der Waals surface area contributed by atoms with Crippen molar-refractivity contribution >= 4 is 23.9 Å². The lowest BCUT2D eigenvalue weighted by molar-refractivity contribution is 0.0651. The largest absolute Gasteiger partial charge is 0.478 e. The van der Waals surface area contributed by atoms with E-state index in [0.29, 0.717) is 22.3 Å². The second-order valence-electron chi connectivity index (χ2n) is 6.32. The van der Waals surface area contributed by atoms with E-state index in [-0.39, 0.29) is 11.1 Å². The van der Waals surface area contributed by atoms with Gasteiger partial charge in [0.15, 0.2) is 0 Å². The Balaban J connectivity index is 2.28. The van der Waals surface area contributed by atoms with Crippen LogP contribution in [-0.4, -0.2) is 44.3 Å². The summed E-state index contributed by atoms with van der Waals surface area (Å²) in [6, 6.07) is 13.8. The maximum atomic E-state index is 11.6. The van der Waals surface area contributed by atoms with Crippen LogP contribution in [0.5, 0.6) is 0 Å². The molecule has 0 aliphatic rings. The molecule has 4 N–H and O–H groups in total. The Morgan fingerprint density at radius 2 is 0.767 bits per heavy atom. The second-order valence-corrected chi connectivity index (χ2v) is 6.32. The fourth-order valence-electron chi connectivity index (χ4n) is 3.02. The van der Waals surface area contributed by atoms with E-state index in [1.165, 1.54) is 60.7 Å². The van der Waals surface area contributed by atoms with Crippen LogP contribution >= 0.6 is 0 Å². The zero-order chi connectivity index (χ0) is 22.0. The van der Waals surface area contributed by atoms with Gasteiger partial charge in [0.25, 0.3) is 0 Å². The van der Waals surface area contributed by atoms with Gasteiger partial charge >= 0.3 is 23.9 Å². The molecule has 30 heavy (non-hydrogen) atoms. The van der Waals surface area contributed by atoms with E-state index in [2.05, 4.69) is 0 Å². The minimum Gasteiger partial charge on any atom is -0.478 e. The molecule has 0 saturated carbocycles. The van der Waals surface area contributed by atoms with Crippen LogP contribution in [0.3, 0.4) is 0 Å². The highest BCUT2D eigenvalue weighted by Gasteiger charge is 2.21. The van der Waals surface area contributed by atoms with Crippen molar-refractivity contribution in [1.82, 2.24) is 0 Å². The third-order valence-corrected chi connectivity index (χ3v) is 4.50. The molecule has 0 fully saturated rings. The molecule has 3 aromatic carbocycles. The van der Waals surface area contributed by atoms with Crippen molar-refractivity contribution in [2.24, 2.45) is 0 Å². The summed E-state index contributed by atoms with van der Waals surface area (Å²) < 4.78 is 0. The highest BCUT2D eigenvalue weighted by atomic mass is 16.4. The van der Waals surface area contributed by atoms with Gasteiger partial charge in [0.05, 0.1) is 22.3 Å². The first kappa shape index (κ1) is 20.3. The quantitative estimate of drug-likeness (QED) is 0.483. The molecule has 0 spiro atoms. The monoisotopic (exact) mass is 406 g/mol. The van der Waals surface area contributed by atoms with E-state index >= 15 is 0 Å². The zero-order valence-electron chi connectivity index (χ0n) is 15.2. The summed E-state index contributed by atoms with van der Waals surface area (Å²) in [6.07, 6.45) is 0. The predicted molar refractivity (Wildman–Crippen MR) is 105 cm³/mol. The van der Waals surface area contributed by atoms with E-state index in [0.717, 1.165) is 0 Å². The Morgan fingerprint density at radius 1 is 0.467 bits per heavy atom. The normalized spacial score (nSPS) is 10.4. The van der Waals surface area contributed by atoms with Crippen molar-refractivity contribution < 1.29 is 39.6 Å². The van der Waals surface area contributed by atoms with Crippen LogP contribution in [0.1, 0.15) is 41.4 Å². The van der Waals surface area contributed by atoms with Gasteiger partial charge in [-0.15, -0.1) is 0 Å². The second kappa shape index (κ2) is 7.88. The lowest BCUT2D eigenvalue weighted by Gasteiger charge is -2.14. The third kappa shape index (κ3) is 3.88. The summed E-state index contributed by atoms with van der Waals surface area (Å²) in [5.41, 5.74) is 0.873. The Hall–Kier alpha value is -4.46. The molecule has 0 amide bonds. The summed E-state index contributed by atoms with van der Waals surface area (Å²) in [6.45, 7) is 0.